The van der Waals surface area contributed by atoms with Gasteiger partial charge in [0.15, 0.2) is 5.13 Å². The molecule has 1 aromatic carbocycles. The Bertz CT molecular complexity index is 838. The Kier molecular flexibility index (Phi) is 6.88. The lowest BCUT2D eigenvalue weighted by molar-refractivity contribution is -0.380. The Morgan fingerprint density at radius 1 is 1.30 bits per heavy atom. The van der Waals surface area contributed by atoms with Gasteiger partial charge in [0, 0.05) is 6.07 Å². The van der Waals surface area contributed by atoms with Crippen LogP contribution in [0.3, 0.4) is 0 Å². The van der Waals surface area contributed by atoms with Crippen LogP contribution in [0.15, 0.2) is 24.4 Å². The summed E-state index contributed by atoms with van der Waals surface area (Å²) in [7, 11) is 0. The molecule has 1 atom stereocenters. The third kappa shape index (κ3) is 6.06. The molecule has 2 amide bonds. The van der Waals surface area contributed by atoms with E-state index in [1.165, 1.54) is 0 Å². The zero-order valence-electron chi connectivity index (χ0n) is 14.2. The Morgan fingerprint density at radius 2 is 1.96 bits per heavy atom. The number of nitro groups is 1. The maximum atomic E-state index is 13.2. The van der Waals surface area contributed by atoms with Crippen molar-refractivity contribution in [3.8, 4) is 0 Å². The molecule has 1 unspecified atom stereocenters. The van der Waals surface area contributed by atoms with E-state index in [1.807, 2.05) is 6.92 Å². The lowest BCUT2D eigenvalue weighted by Gasteiger charge is -2.17. The Morgan fingerprint density at radius 3 is 2.52 bits per heavy atom. The first kappa shape index (κ1) is 20.4. The van der Waals surface area contributed by atoms with Crippen LogP contribution in [0.5, 0.6) is 0 Å². The highest BCUT2D eigenvalue weighted by molar-refractivity contribution is 7.18. The fourth-order valence-electron chi connectivity index (χ4n) is 2.30. The van der Waals surface area contributed by atoms with Gasteiger partial charge in [0.25, 0.3) is 0 Å². The van der Waals surface area contributed by atoms with E-state index in [4.69, 9.17) is 0 Å². The van der Waals surface area contributed by atoms with Crippen LogP contribution >= 0.6 is 11.3 Å². The van der Waals surface area contributed by atoms with Crippen LogP contribution < -0.4 is 10.6 Å². The lowest BCUT2D eigenvalue weighted by atomic mass is 10.1. The summed E-state index contributed by atoms with van der Waals surface area (Å²) in [5.74, 6) is -2.77. The number of hydrogen-bond acceptors (Lipinski definition) is 6. The largest absolute Gasteiger partial charge is 0.345 e. The molecule has 0 aliphatic rings. The van der Waals surface area contributed by atoms with Crippen molar-refractivity contribution in [2.24, 2.45) is 0 Å². The molecule has 144 valence electrons. The van der Waals surface area contributed by atoms with Crippen molar-refractivity contribution in [3.63, 3.8) is 0 Å². The molecule has 0 bridgehead atoms. The number of carbonyl (C=O) groups is 2. The molecular formula is C16H16F2N4O4S. The zero-order chi connectivity index (χ0) is 20.0. The molecule has 0 aliphatic carbocycles. The molecule has 8 nitrogen and oxygen atoms in total. The summed E-state index contributed by atoms with van der Waals surface area (Å²) >= 11 is 0.691. The second kappa shape index (κ2) is 9.12. The van der Waals surface area contributed by atoms with E-state index in [-0.39, 0.29) is 22.1 Å². The van der Waals surface area contributed by atoms with Gasteiger partial charge < -0.3 is 5.32 Å². The van der Waals surface area contributed by atoms with E-state index < -0.39 is 34.4 Å². The topological polar surface area (TPSA) is 114 Å². The van der Waals surface area contributed by atoms with Gasteiger partial charge in [-0.3, -0.25) is 25.0 Å². The van der Waals surface area contributed by atoms with Crippen molar-refractivity contribution < 1.29 is 23.3 Å². The number of hydrogen-bond donors (Lipinski definition) is 2. The molecule has 0 saturated carbocycles. The van der Waals surface area contributed by atoms with Crippen molar-refractivity contribution in [1.29, 1.82) is 0 Å². The van der Waals surface area contributed by atoms with Gasteiger partial charge in [-0.2, -0.15) is 0 Å². The third-order valence-corrected chi connectivity index (χ3v) is 4.28. The number of rotatable bonds is 8. The van der Waals surface area contributed by atoms with Gasteiger partial charge in [-0.15, -0.1) is 0 Å². The normalized spacial score (nSPS) is 11.7. The average molecular weight is 398 g/mol. The summed E-state index contributed by atoms with van der Waals surface area (Å²) in [6, 6.07) is 1.85. The molecule has 0 fully saturated rings. The van der Waals surface area contributed by atoms with Gasteiger partial charge in [0.2, 0.25) is 11.8 Å². The predicted octanol–water partition coefficient (Wildman–Crippen LogP) is 2.80. The SMILES string of the molecule is CCCC(NC(=O)Cc1cc(F)cc(F)c1)C(=O)Nc1ncc([N+](=O)[O-])s1. The minimum absolute atomic E-state index is 0.0363. The van der Waals surface area contributed by atoms with Gasteiger partial charge in [-0.1, -0.05) is 13.3 Å². The number of halogens is 2. The zero-order valence-corrected chi connectivity index (χ0v) is 15.0. The predicted molar refractivity (Wildman–Crippen MR) is 94.3 cm³/mol. The lowest BCUT2D eigenvalue weighted by Crippen LogP contribution is -2.44. The van der Waals surface area contributed by atoms with Crippen LogP contribution in [-0.4, -0.2) is 27.8 Å². The molecule has 0 spiro atoms. The van der Waals surface area contributed by atoms with Gasteiger partial charge in [0.05, 0.1) is 11.3 Å². The van der Waals surface area contributed by atoms with E-state index in [9.17, 15) is 28.5 Å². The van der Waals surface area contributed by atoms with Crippen LogP contribution in [0.1, 0.15) is 25.3 Å². The number of nitrogens with one attached hydrogen (secondary N) is 2. The maximum Gasteiger partial charge on any atom is 0.345 e. The molecule has 27 heavy (non-hydrogen) atoms. The molecule has 0 aliphatic heterocycles. The summed E-state index contributed by atoms with van der Waals surface area (Å²) in [6.07, 6.45) is 1.60. The van der Waals surface area contributed by atoms with Crippen molar-refractivity contribution >= 4 is 33.3 Å². The Hall–Kier alpha value is -2.95. The number of carbonyl (C=O) groups excluding carboxylic acids is 2. The molecule has 0 radical (unpaired) electrons. The van der Waals surface area contributed by atoms with Crippen molar-refractivity contribution in [2.45, 2.75) is 32.2 Å². The van der Waals surface area contributed by atoms with E-state index in [0.29, 0.717) is 30.2 Å². The summed E-state index contributed by atoms with van der Waals surface area (Å²) < 4.78 is 26.4. The second-order valence-electron chi connectivity index (χ2n) is 5.61. The standard InChI is InChI=1S/C16H16F2N4O4S/c1-2-3-12(15(24)21-16-19-8-14(27-16)22(25)26)20-13(23)6-9-4-10(17)7-11(18)5-9/h4-5,7-8,12H,2-3,6H2,1H3,(H,20,23)(H,19,21,24). The highest BCUT2D eigenvalue weighted by Crippen LogP contribution is 2.25. The third-order valence-electron chi connectivity index (χ3n) is 3.42. The average Bonchev–Trinajstić information content (AvgIpc) is 3.02. The number of anilines is 1. The van der Waals surface area contributed by atoms with Crippen LogP contribution in [0, 0.1) is 21.7 Å². The van der Waals surface area contributed by atoms with Crippen LogP contribution in [-0.2, 0) is 16.0 Å². The summed E-state index contributed by atoms with van der Waals surface area (Å²) in [5, 5.41) is 15.4. The first-order valence-corrected chi connectivity index (χ1v) is 8.75. The summed E-state index contributed by atoms with van der Waals surface area (Å²) in [5.41, 5.74) is 0.135. The smallest absolute Gasteiger partial charge is 0.344 e. The molecule has 1 aromatic heterocycles. The molecule has 2 N–H and O–H groups in total. The number of aromatic nitrogens is 1. The van der Waals surface area contributed by atoms with Crippen LogP contribution in [0.4, 0.5) is 18.9 Å². The molecular weight excluding hydrogens is 382 g/mol. The van der Waals surface area contributed by atoms with Crippen molar-refractivity contribution in [3.05, 3.63) is 51.7 Å². The molecule has 11 heteroatoms. The first-order chi connectivity index (χ1) is 12.8. The van der Waals surface area contributed by atoms with Crippen molar-refractivity contribution in [1.82, 2.24) is 10.3 Å². The minimum Gasteiger partial charge on any atom is -0.344 e. The molecule has 0 saturated heterocycles. The Balaban J connectivity index is 2.01. The van der Waals surface area contributed by atoms with Crippen LogP contribution in [0.2, 0.25) is 0 Å². The fourth-order valence-corrected chi connectivity index (χ4v) is 2.94. The van der Waals surface area contributed by atoms with Crippen LogP contribution in [0.25, 0.3) is 0 Å². The molecule has 2 aromatic rings. The van der Waals surface area contributed by atoms with Crippen molar-refractivity contribution in [2.75, 3.05) is 5.32 Å². The molecule has 1 heterocycles. The monoisotopic (exact) mass is 398 g/mol. The van der Waals surface area contributed by atoms with E-state index >= 15 is 0 Å². The quantitative estimate of drug-likeness (QED) is 0.524. The summed E-state index contributed by atoms with van der Waals surface area (Å²) in [6.45, 7) is 1.81. The summed E-state index contributed by atoms with van der Waals surface area (Å²) in [4.78, 5) is 38.2. The number of benzene rings is 1. The number of amides is 2. The maximum absolute atomic E-state index is 13.2. The van der Waals surface area contributed by atoms with Gasteiger partial charge in [0.1, 0.15) is 23.9 Å². The Labute approximate surface area is 156 Å². The van der Waals surface area contributed by atoms with E-state index in [1.54, 1.807) is 0 Å². The van der Waals surface area contributed by atoms with Gasteiger partial charge in [-0.05, 0) is 35.5 Å². The van der Waals surface area contributed by atoms with Gasteiger partial charge >= 0.3 is 5.00 Å². The fraction of sp³-hybridized carbons (Fsp3) is 0.312. The number of nitrogens with zero attached hydrogens (tertiary/aromatic N) is 2. The minimum atomic E-state index is -0.913. The highest BCUT2D eigenvalue weighted by atomic mass is 32.1. The van der Waals surface area contributed by atoms with Gasteiger partial charge in [-0.25, -0.2) is 13.8 Å². The molecule has 2 rings (SSSR count). The highest BCUT2D eigenvalue weighted by Gasteiger charge is 2.22. The first-order valence-electron chi connectivity index (χ1n) is 7.94. The van der Waals surface area contributed by atoms with E-state index in [0.717, 1.165) is 18.3 Å². The van der Waals surface area contributed by atoms with E-state index in [2.05, 4.69) is 15.6 Å². The second-order valence-corrected chi connectivity index (χ2v) is 6.62. The number of thiazole rings is 1.